The molecule has 2 heterocycles. The number of fused-ring (bicyclic) bond motifs is 1. The zero-order chi connectivity index (χ0) is 25.7. The molecule has 0 radical (unpaired) electrons. The smallest absolute Gasteiger partial charge is 0.416 e. The molecule has 0 aromatic heterocycles. The molecule has 4 rings (SSSR count). The van der Waals surface area contributed by atoms with Crippen LogP contribution in [0, 0.1) is 12.8 Å². The molecule has 2 aliphatic rings. The van der Waals surface area contributed by atoms with E-state index >= 15 is 0 Å². The fraction of sp³-hybridized carbons (Fsp3) is 0.333. The van der Waals surface area contributed by atoms with Crippen molar-refractivity contribution < 1.29 is 37.5 Å². The number of carboxylic acid groups (broad SMARTS) is 1. The van der Waals surface area contributed by atoms with Gasteiger partial charge in [0.15, 0.2) is 5.92 Å². The number of rotatable bonds is 4. The molecule has 1 fully saturated rings. The molecule has 8 nitrogen and oxygen atoms in total. The van der Waals surface area contributed by atoms with Gasteiger partial charge < -0.3 is 10.0 Å². The van der Waals surface area contributed by atoms with Gasteiger partial charge in [-0.3, -0.25) is 24.2 Å². The molecule has 0 spiro atoms. The van der Waals surface area contributed by atoms with E-state index in [0.29, 0.717) is 22.7 Å². The summed E-state index contributed by atoms with van der Waals surface area (Å²) in [4.78, 5) is 53.3. The Kier molecular flexibility index (Phi) is 6.04. The van der Waals surface area contributed by atoms with Gasteiger partial charge in [0.25, 0.3) is 0 Å². The Balaban J connectivity index is 1.71. The van der Waals surface area contributed by atoms with E-state index in [-0.39, 0.29) is 23.5 Å². The van der Waals surface area contributed by atoms with Gasteiger partial charge in [-0.1, -0.05) is 12.1 Å². The molecule has 1 saturated heterocycles. The van der Waals surface area contributed by atoms with Crippen molar-refractivity contribution in [1.29, 1.82) is 0 Å². The summed E-state index contributed by atoms with van der Waals surface area (Å²) in [7, 11) is 1.63. The molecular weight excluding hydrogens is 467 g/mol. The summed E-state index contributed by atoms with van der Waals surface area (Å²) < 4.78 is 40.0. The van der Waals surface area contributed by atoms with E-state index in [1.54, 1.807) is 25.2 Å². The summed E-state index contributed by atoms with van der Waals surface area (Å²) in [6.45, 7) is 0.319. The standard InChI is InChI=1S/C24H22F3N3O5/c1-13-15(4-3-5-18(13)24(25,26)27)11-30-21(32)17(22(33)34)12-29(23(30)35)16-7-8-19-14(10-16)6-9-20(31)28(19)2/h3-5,7-8,10,17H,6,9,11-12H2,1-2H3,(H,33,34). The van der Waals surface area contributed by atoms with E-state index < -0.39 is 48.7 Å². The lowest BCUT2D eigenvalue weighted by atomic mass is 9.98. The second-order valence-corrected chi connectivity index (χ2v) is 8.56. The highest BCUT2D eigenvalue weighted by Crippen LogP contribution is 2.35. The fourth-order valence-electron chi connectivity index (χ4n) is 4.46. The van der Waals surface area contributed by atoms with Crippen LogP contribution in [0.5, 0.6) is 0 Å². The van der Waals surface area contributed by atoms with Gasteiger partial charge in [-0.2, -0.15) is 13.2 Å². The second kappa shape index (κ2) is 8.71. The van der Waals surface area contributed by atoms with Crippen molar-refractivity contribution in [2.75, 3.05) is 23.4 Å². The summed E-state index contributed by atoms with van der Waals surface area (Å²) in [6.07, 6.45) is -3.91. The van der Waals surface area contributed by atoms with E-state index in [9.17, 15) is 37.5 Å². The molecule has 184 valence electrons. The molecule has 11 heteroatoms. The lowest BCUT2D eigenvalue weighted by Crippen LogP contribution is -2.58. The van der Waals surface area contributed by atoms with Gasteiger partial charge >= 0.3 is 18.2 Å². The number of halogens is 3. The summed E-state index contributed by atoms with van der Waals surface area (Å²) in [5.41, 5.74) is 0.815. The molecule has 0 aliphatic carbocycles. The maximum atomic E-state index is 13.3. The zero-order valence-electron chi connectivity index (χ0n) is 18.9. The minimum atomic E-state index is -4.62. The SMILES string of the molecule is Cc1c(CN2C(=O)C(C(=O)O)CN(c3ccc4c(c3)CCC(=O)N4C)C2=O)cccc1C(F)(F)F. The molecule has 2 aliphatic heterocycles. The van der Waals surface area contributed by atoms with Crippen LogP contribution < -0.4 is 9.80 Å². The van der Waals surface area contributed by atoms with Gasteiger partial charge in [-0.25, -0.2) is 4.79 Å². The molecule has 1 unspecified atom stereocenters. The first-order valence-electron chi connectivity index (χ1n) is 10.8. The van der Waals surface area contributed by atoms with Crippen molar-refractivity contribution in [1.82, 2.24) is 4.90 Å². The lowest BCUT2D eigenvalue weighted by molar-refractivity contribution is -0.150. The van der Waals surface area contributed by atoms with Crippen LogP contribution in [-0.2, 0) is 33.5 Å². The number of hydrogen-bond acceptors (Lipinski definition) is 4. The predicted molar refractivity (Wildman–Crippen MR) is 119 cm³/mol. The topological polar surface area (TPSA) is 98.2 Å². The average Bonchev–Trinajstić information content (AvgIpc) is 2.79. The minimum Gasteiger partial charge on any atom is -0.481 e. The molecule has 0 saturated carbocycles. The Hall–Kier alpha value is -3.89. The van der Waals surface area contributed by atoms with Gasteiger partial charge in [-0.05, 0) is 54.3 Å². The molecule has 1 N–H and O–H groups in total. The maximum Gasteiger partial charge on any atom is 0.416 e. The number of urea groups is 1. The van der Waals surface area contributed by atoms with Crippen LogP contribution >= 0.6 is 0 Å². The third-order valence-corrected chi connectivity index (χ3v) is 6.49. The third kappa shape index (κ3) is 4.33. The van der Waals surface area contributed by atoms with Crippen LogP contribution in [0.4, 0.5) is 29.3 Å². The molecule has 2 aromatic rings. The molecular formula is C24H22F3N3O5. The van der Waals surface area contributed by atoms with Crippen molar-refractivity contribution in [2.45, 2.75) is 32.5 Å². The van der Waals surface area contributed by atoms with Crippen LogP contribution in [0.2, 0.25) is 0 Å². The first-order valence-corrected chi connectivity index (χ1v) is 10.8. The average molecular weight is 489 g/mol. The van der Waals surface area contributed by atoms with Crippen molar-refractivity contribution in [3.63, 3.8) is 0 Å². The van der Waals surface area contributed by atoms with Gasteiger partial charge in [0.05, 0.1) is 12.1 Å². The number of hydrogen-bond donors (Lipinski definition) is 1. The molecule has 35 heavy (non-hydrogen) atoms. The van der Waals surface area contributed by atoms with Gasteiger partial charge in [0.1, 0.15) is 0 Å². The number of imide groups is 1. The second-order valence-electron chi connectivity index (χ2n) is 8.56. The molecule has 1 atom stereocenters. The van der Waals surface area contributed by atoms with Crippen LogP contribution in [0.3, 0.4) is 0 Å². The van der Waals surface area contributed by atoms with E-state index in [0.717, 1.165) is 16.5 Å². The quantitative estimate of drug-likeness (QED) is 0.662. The third-order valence-electron chi connectivity index (χ3n) is 6.49. The largest absolute Gasteiger partial charge is 0.481 e. The Morgan fingerprint density at radius 2 is 1.83 bits per heavy atom. The van der Waals surface area contributed by atoms with Crippen LogP contribution in [0.25, 0.3) is 0 Å². The van der Waals surface area contributed by atoms with E-state index in [2.05, 4.69) is 0 Å². The molecule has 0 bridgehead atoms. The van der Waals surface area contributed by atoms with Gasteiger partial charge in [0, 0.05) is 31.4 Å². The number of benzene rings is 2. The van der Waals surface area contributed by atoms with E-state index in [4.69, 9.17) is 0 Å². The summed E-state index contributed by atoms with van der Waals surface area (Å²) in [5.74, 6) is -4.07. The zero-order valence-corrected chi connectivity index (χ0v) is 18.9. The lowest BCUT2D eigenvalue weighted by Gasteiger charge is -2.38. The number of carbonyl (C=O) groups is 4. The Bertz CT molecular complexity index is 1240. The van der Waals surface area contributed by atoms with Crippen LogP contribution in [0.15, 0.2) is 36.4 Å². The first kappa shape index (κ1) is 24.2. The van der Waals surface area contributed by atoms with Crippen molar-refractivity contribution in [3.8, 4) is 0 Å². The number of aliphatic carboxylic acids is 1. The fourth-order valence-corrected chi connectivity index (χ4v) is 4.46. The monoisotopic (exact) mass is 489 g/mol. The number of aryl methyl sites for hydroxylation is 1. The number of nitrogens with zero attached hydrogens (tertiary/aromatic N) is 3. The van der Waals surface area contributed by atoms with E-state index in [1.807, 2.05) is 0 Å². The van der Waals surface area contributed by atoms with Crippen molar-refractivity contribution in [3.05, 3.63) is 58.7 Å². The van der Waals surface area contributed by atoms with Crippen LogP contribution in [0.1, 0.15) is 28.7 Å². The highest BCUT2D eigenvalue weighted by Gasteiger charge is 2.44. The summed E-state index contributed by atoms with van der Waals surface area (Å²) in [5, 5.41) is 9.63. The highest BCUT2D eigenvalue weighted by molar-refractivity contribution is 6.12. The first-order chi connectivity index (χ1) is 16.4. The molecule has 2 aromatic carbocycles. The maximum absolute atomic E-state index is 13.3. The predicted octanol–water partition coefficient (Wildman–Crippen LogP) is 3.59. The normalized spacial score (nSPS) is 18.7. The Morgan fingerprint density at radius 1 is 1.11 bits per heavy atom. The number of carbonyl (C=O) groups excluding carboxylic acids is 3. The number of alkyl halides is 3. The number of anilines is 2. The number of carboxylic acids is 1. The molecule has 4 amide bonds. The highest BCUT2D eigenvalue weighted by atomic mass is 19.4. The summed E-state index contributed by atoms with van der Waals surface area (Å²) >= 11 is 0. The summed E-state index contributed by atoms with van der Waals surface area (Å²) in [6, 6.07) is 7.48. The van der Waals surface area contributed by atoms with E-state index in [1.165, 1.54) is 24.0 Å². The van der Waals surface area contributed by atoms with Gasteiger partial charge in [-0.15, -0.1) is 0 Å². The Morgan fingerprint density at radius 3 is 2.49 bits per heavy atom. The van der Waals surface area contributed by atoms with Gasteiger partial charge in [0.2, 0.25) is 11.8 Å². The number of amides is 4. The van der Waals surface area contributed by atoms with Crippen LogP contribution in [-0.4, -0.2) is 47.4 Å². The van der Waals surface area contributed by atoms with Crippen molar-refractivity contribution >= 4 is 35.2 Å². The minimum absolute atomic E-state index is 0.0570. The Labute approximate surface area is 198 Å². The van der Waals surface area contributed by atoms with Crippen molar-refractivity contribution in [2.24, 2.45) is 5.92 Å².